The number of nitrogens with zero attached hydrogens (tertiary/aromatic N) is 2. The van der Waals surface area contributed by atoms with Gasteiger partial charge in [0.15, 0.2) is 10.4 Å². The fourth-order valence-electron chi connectivity index (χ4n) is 2.03. The maximum atomic E-state index is 12.1. The minimum atomic E-state index is -0.293. The van der Waals surface area contributed by atoms with E-state index in [2.05, 4.69) is 20.8 Å². The van der Waals surface area contributed by atoms with Crippen molar-refractivity contribution < 1.29 is 14.0 Å². The average Bonchev–Trinajstić information content (AvgIpc) is 2.83. The predicted molar refractivity (Wildman–Crippen MR) is 72.6 cm³/mol. The van der Waals surface area contributed by atoms with Crippen molar-refractivity contribution in [2.45, 2.75) is 6.42 Å². The topological polar surface area (TPSA) is 79.8 Å². The highest BCUT2D eigenvalue weighted by Crippen LogP contribution is 2.16. The smallest absolute Gasteiger partial charge is 0.289 e. The summed E-state index contributed by atoms with van der Waals surface area (Å²) in [6.45, 7) is 3.43. The van der Waals surface area contributed by atoms with Crippen LogP contribution in [-0.2, 0) is 4.79 Å². The van der Waals surface area contributed by atoms with Crippen LogP contribution in [0.2, 0.25) is 0 Å². The van der Waals surface area contributed by atoms with Crippen LogP contribution in [0.4, 0.5) is 0 Å². The summed E-state index contributed by atoms with van der Waals surface area (Å²) in [5.41, 5.74) is 5.12. The van der Waals surface area contributed by atoms with Crippen LogP contribution >= 0.6 is 15.9 Å². The van der Waals surface area contributed by atoms with E-state index in [4.69, 9.17) is 10.2 Å². The monoisotopic (exact) mass is 329 g/mol. The van der Waals surface area contributed by atoms with Gasteiger partial charge in [-0.25, -0.2) is 0 Å². The van der Waals surface area contributed by atoms with Crippen LogP contribution in [0.3, 0.4) is 0 Å². The first-order valence-electron chi connectivity index (χ1n) is 6.11. The summed E-state index contributed by atoms with van der Waals surface area (Å²) in [5, 5.41) is 0. The second-order valence-electron chi connectivity index (χ2n) is 4.45. The van der Waals surface area contributed by atoms with E-state index in [0.29, 0.717) is 36.5 Å². The van der Waals surface area contributed by atoms with Gasteiger partial charge < -0.3 is 15.1 Å². The Hall–Kier alpha value is -1.34. The highest BCUT2D eigenvalue weighted by Gasteiger charge is 2.24. The summed E-state index contributed by atoms with van der Waals surface area (Å²) >= 11 is 3.18. The van der Waals surface area contributed by atoms with Gasteiger partial charge in [-0.05, 0) is 28.1 Å². The summed E-state index contributed by atoms with van der Waals surface area (Å²) in [6.07, 6.45) is 0.360. The highest BCUT2D eigenvalue weighted by molar-refractivity contribution is 9.10. The Morgan fingerprint density at radius 3 is 2.47 bits per heavy atom. The molecule has 2 heterocycles. The average molecular weight is 330 g/mol. The molecule has 1 fully saturated rings. The SMILES string of the molecule is NC(=O)CCN1CCN(C(=O)c2ccc(Br)o2)CC1. The molecule has 1 aliphatic rings. The molecule has 0 aromatic carbocycles. The largest absolute Gasteiger partial charge is 0.444 e. The zero-order valence-corrected chi connectivity index (χ0v) is 12.1. The summed E-state index contributed by atoms with van der Waals surface area (Å²) in [5.74, 6) is -0.0448. The van der Waals surface area contributed by atoms with Crippen LogP contribution in [0.15, 0.2) is 21.2 Å². The van der Waals surface area contributed by atoms with Crippen LogP contribution in [0, 0.1) is 0 Å². The van der Waals surface area contributed by atoms with Gasteiger partial charge in [-0.15, -0.1) is 0 Å². The van der Waals surface area contributed by atoms with Gasteiger partial charge in [0.25, 0.3) is 5.91 Å². The Morgan fingerprint density at radius 1 is 1.26 bits per heavy atom. The van der Waals surface area contributed by atoms with Gasteiger partial charge in [0, 0.05) is 39.1 Å². The Morgan fingerprint density at radius 2 is 1.95 bits per heavy atom. The van der Waals surface area contributed by atoms with E-state index in [1.807, 2.05) is 0 Å². The zero-order chi connectivity index (χ0) is 13.8. The number of carbonyl (C=O) groups is 2. The Kier molecular flexibility index (Phi) is 4.60. The van der Waals surface area contributed by atoms with Gasteiger partial charge in [0.2, 0.25) is 5.91 Å². The molecule has 0 unspecified atom stereocenters. The summed E-state index contributed by atoms with van der Waals surface area (Å²) in [4.78, 5) is 26.7. The molecular formula is C12H16BrN3O3. The molecule has 7 heteroatoms. The molecule has 1 aliphatic heterocycles. The van der Waals surface area contributed by atoms with Gasteiger partial charge >= 0.3 is 0 Å². The Labute approximate surface area is 119 Å². The number of primary amides is 1. The fourth-order valence-corrected chi connectivity index (χ4v) is 2.33. The van der Waals surface area contributed by atoms with Crippen LogP contribution in [0.5, 0.6) is 0 Å². The number of hydrogen-bond acceptors (Lipinski definition) is 4. The molecule has 6 nitrogen and oxygen atoms in total. The third-order valence-electron chi connectivity index (χ3n) is 3.12. The van der Waals surface area contributed by atoms with E-state index in [-0.39, 0.29) is 11.8 Å². The van der Waals surface area contributed by atoms with Crippen LogP contribution in [-0.4, -0.2) is 54.3 Å². The third-order valence-corrected chi connectivity index (χ3v) is 3.54. The molecule has 2 rings (SSSR count). The maximum Gasteiger partial charge on any atom is 0.289 e. The van der Waals surface area contributed by atoms with E-state index < -0.39 is 0 Å². The number of halogens is 1. The zero-order valence-electron chi connectivity index (χ0n) is 10.5. The van der Waals surface area contributed by atoms with Gasteiger partial charge in [0.1, 0.15) is 0 Å². The van der Waals surface area contributed by atoms with Crippen molar-refractivity contribution in [3.63, 3.8) is 0 Å². The van der Waals surface area contributed by atoms with Gasteiger partial charge in [-0.1, -0.05) is 0 Å². The van der Waals surface area contributed by atoms with Crippen molar-refractivity contribution in [2.24, 2.45) is 5.73 Å². The number of carbonyl (C=O) groups excluding carboxylic acids is 2. The Balaban J connectivity index is 1.83. The molecule has 0 spiro atoms. The molecule has 0 bridgehead atoms. The van der Waals surface area contributed by atoms with Crippen molar-refractivity contribution >= 4 is 27.7 Å². The summed E-state index contributed by atoms with van der Waals surface area (Å²) in [6, 6.07) is 3.36. The number of piperazine rings is 1. The first-order valence-corrected chi connectivity index (χ1v) is 6.91. The summed E-state index contributed by atoms with van der Waals surface area (Å²) in [7, 11) is 0. The van der Waals surface area contributed by atoms with Gasteiger partial charge in [0.05, 0.1) is 0 Å². The standard InChI is InChI=1S/C12H16BrN3O3/c13-10-2-1-9(19-10)12(18)16-7-5-15(6-8-16)4-3-11(14)17/h1-2H,3-8H2,(H2,14,17). The molecule has 0 aliphatic carbocycles. The van der Waals surface area contributed by atoms with Gasteiger partial charge in [-0.2, -0.15) is 0 Å². The fraction of sp³-hybridized carbons (Fsp3) is 0.500. The van der Waals surface area contributed by atoms with Crippen LogP contribution in [0.1, 0.15) is 17.0 Å². The van der Waals surface area contributed by atoms with E-state index in [1.165, 1.54) is 0 Å². The lowest BCUT2D eigenvalue weighted by molar-refractivity contribution is -0.118. The maximum absolute atomic E-state index is 12.1. The molecule has 2 amide bonds. The highest BCUT2D eigenvalue weighted by atomic mass is 79.9. The normalized spacial score (nSPS) is 16.6. The molecule has 1 aromatic rings. The van der Waals surface area contributed by atoms with Crippen molar-refractivity contribution in [3.05, 3.63) is 22.6 Å². The molecule has 1 saturated heterocycles. The molecular weight excluding hydrogens is 314 g/mol. The number of rotatable bonds is 4. The van der Waals surface area contributed by atoms with Crippen molar-refractivity contribution in [1.82, 2.24) is 9.80 Å². The first-order chi connectivity index (χ1) is 9.06. The number of amides is 2. The molecule has 1 aromatic heterocycles. The van der Waals surface area contributed by atoms with Crippen molar-refractivity contribution in [2.75, 3.05) is 32.7 Å². The molecule has 2 N–H and O–H groups in total. The first kappa shape index (κ1) is 14.1. The van der Waals surface area contributed by atoms with Gasteiger partial charge in [-0.3, -0.25) is 14.5 Å². The molecule has 0 radical (unpaired) electrons. The molecule has 19 heavy (non-hydrogen) atoms. The van der Waals surface area contributed by atoms with Crippen molar-refractivity contribution in [3.8, 4) is 0 Å². The predicted octanol–water partition coefficient (Wildman–Crippen LogP) is 0.675. The lowest BCUT2D eigenvalue weighted by Gasteiger charge is -2.34. The minimum Gasteiger partial charge on any atom is -0.444 e. The molecule has 104 valence electrons. The van der Waals surface area contributed by atoms with E-state index in [1.54, 1.807) is 17.0 Å². The van der Waals surface area contributed by atoms with E-state index >= 15 is 0 Å². The lowest BCUT2D eigenvalue weighted by atomic mass is 10.2. The third kappa shape index (κ3) is 3.81. The Bertz CT molecular complexity index is 467. The number of hydrogen-bond donors (Lipinski definition) is 1. The summed E-state index contributed by atoms with van der Waals surface area (Å²) < 4.78 is 5.81. The van der Waals surface area contributed by atoms with Crippen LogP contribution < -0.4 is 5.73 Å². The molecule has 0 saturated carbocycles. The quantitative estimate of drug-likeness (QED) is 0.880. The second kappa shape index (κ2) is 6.21. The lowest BCUT2D eigenvalue weighted by Crippen LogP contribution is -2.49. The molecule has 0 atom stereocenters. The minimum absolute atomic E-state index is 0.0970. The number of nitrogens with two attached hydrogens (primary N) is 1. The number of furan rings is 1. The van der Waals surface area contributed by atoms with E-state index in [9.17, 15) is 9.59 Å². The van der Waals surface area contributed by atoms with Crippen molar-refractivity contribution in [1.29, 1.82) is 0 Å². The second-order valence-corrected chi connectivity index (χ2v) is 5.24. The van der Waals surface area contributed by atoms with Crippen LogP contribution in [0.25, 0.3) is 0 Å². The van der Waals surface area contributed by atoms with E-state index in [0.717, 1.165) is 13.1 Å².